The van der Waals surface area contributed by atoms with E-state index in [0.717, 1.165) is 48.4 Å². The van der Waals surface area contributed by atoms with Gasteiger partial charge in [-0.1, -0.05) is 25.1 Å². The van der Waals surface area contributed by atoms with Crippen LogP contribution in [-0.4, -0.2) is 113 Å². The Morgan fingerprint density at radius 2 is 1.79 bits per heavy atom. The van der Waals surface area contributed by atoms with E-state index in [-0.39, 0.29) is 60.9 Å². The minimum absolute atomic E-state index is 0.0434. The summed E-state index contributed by atoms with van der Waals surface area (Å²) < 4.78 is 40.3. The first-order chi connectivity index (χ1) is 25.0. The number of aliphatic hydroxyl groups excluding tert-OH is 1. The zero-order chi connectivity index (χ0) is 36.7. The molecule has 3 saturated heterocycles. The molecule has 4 atom stereocenters. The van der Waals surface area contributed by atoms with Crippen molar-refractivity contribution < 1.29 is 33.2 Å². The van der Waals surface area contributed by atoms with Crippen LogP contribution in [-0.2, 0) is 15.9 Å². The third-order valence-electron chi connectivity index (χ3n) is 10.6. The molecule has 1 N–H and O–H groups in total. The van der Waals surface area contributed by atoms with Crippen molar-refractivity contribution in [3.05, 3.63) is 47.9 Å². The molecule has 0 spiro atoms. The SMILES string of the molecule is CCc1cccc2cc(OCOC)cc(-c3ncc4c(N5CC6CCC(C5)N6C(=O)OC(C)(C)C)nc(OC[C@@H]5CC[C@H](CO)N5C)nc4c3F)c12. The molecule has 2 aromatic heterocycles. The summed E-state index contributed by atoms with van der Waals surface area (Å²) in [6.07, 6.45) is 5.46. The second-order valence-corrected chi connectivity index (χ2v) is 15.1. The predicted molar refractivity (Wildman–Crippen MR) is 196 cm³/mol. The van der Waals surface area contributed by atoms with Crippen molar-refractivity contribution in [1.82, 2.24) is 24.8 Å². The van der Waals surface area contributed by atoms with Gasteiger partial charge in [-0.3, -0.25) is 14.8 Å². The smallest absolute Gasteiger partial charge is 0.410 e. The van der Waals surface area contributed by atoms with Gasteiger partial charge in [-0.25, -0.2) is 9.18 Å². The number of hydrogen-bond donors (Lipinski definition) is 1. The zero-order valence-corrected chi connectivity index (χ0v) is 30.9. The van der Waals surface area contributed by atoms with Gasteiger partial charge in [-0.15, -0.1) is 0 Å². The van der Waals surface area contributed by atoms with Crippen molar-refractivity contribution in [2.75, 3.05) is 52.2 Å². The van der Waals surface area contributed by atoms with Crippen molar-refractivity contribution in [3.63, 3.8) is 0 Å². The fourth-order valence-corrected chi connectivity index (χ4v) is 8.06. The van der Waals surface area contributed by atoms with E-state index in [0.29, 0.717) is 42.2 Å². The lowest BCUT2D eigenvalue weighted by molar-refractivity contribution is 0.0122. The first kappa shape index (κ1) is 36.0. The average Bonchev–Trinajstić information content (AvgIpc) is 3.62. The number of anilines is 1. The molecular formula is C39H49FN6O6. The van der Waals surface area contributed by atoms with Gasteiger partial charge in [0.25, 0.3) is 0 Å². The molecule has 0 saturated carbocycles. The van der Waals surface area contributed by atoms with Crippen LogP contribution in [0.3, 0.4) is 0 Å². The number of rotatable bonds is 10. The summed E-state index contributed by atoms with van der Waals surface area (Å²) in [6, 6.07) is 9.75. The quantitative estimate of drug-likeness (QED) is 0.196. The van der Waals surface area contributed by atoms with Crippen LogP contribution < -0.4 is 14.4 Å². The van der Waals surface area contributed by atoms with Gasteiger partial charge in [0.05, 0.1) is 24.1 Å². The number of likely N-dealkylation sites (N-methyl/N-ethyl adjacent to an activating group) is 1. The number of methoxy groups -OCH3 is 1. The molecule has 7 rings (SSSR count). The van der Waals surface area contributed by atoms with Crippen molar-refractivity contribution >= 4 is 33.6 Å². The number of hydrogen-bond acceptors (Lipinski definition) is 11. The van der Waals surface area contributed by atoms with Crippen LogP contribution in [0.5, 0.6) is 11.8 Å². The van der Waals surface area contributed by atoms with E-state index >= 15 is 4.39 Å². The molecule has 0 aliphatic carbocycles. The summed E-state index contributed by atoms with van der Waals surface area (Å²) >= 11 is 0. The molecule has 2 aromatic carbocycles. The molecule has 1 amide bonds. The third kappa shape index (κ3) is 6.93. The number of carbonyl (C=O) groups is 1. The van der Waals surface area contributed by atoms with Crippen LogP contribution in [0.1, 0.15) is 58.9 Å². The van der Waals surface area contributed by atoms with Gasteiger partial charge >= 0.3 is 12.1 Å². The van der Waals surface area contributed by atoms with E-state index in [4.69, 9.17) is 33.9 Å². The number of likely N-dealkylation sites (tertiary alicyclic amines) is 1. The summed E-state index contributed by atoms with van der Waals surface area (Å²) in [5.74, 6) is 0.463. The highest BCUT2D eigenvalue weighted by molar-refractivity contribution is 6.01. The van der Waals surface area contributed by atoms with Crippen molar-refractivity contribution in [2.45, 2.75) is 89.6 Å². The van der Waals surface area contributed by atoms with Crippen molar-refractivity contribution in [1.29, 1.82) is 0 Å². The molecule has 3 aliphatic rings. The Hall–Kier alpha value is -4.33. The average molecular weight is 717 g/mol. The molecule has 13 heteroatoms. The van der Waals surface area contributed by atoms with Crippen molar-refractivity contribution in [2.24, 2.45) is 0 Å². The minimum Gasteiger partial charge on any atom is -0.468 e. The molecule has 12 nitrogen and oxygen atoms in total. The number of nitrogens with zero attached hydrogens (tertiary/aromatic N) is 6. The van der Waals surface area contributed by atoms with Crippen LogP contribution in [0, 0.1) is 5.82 Å². The third-order valence-corrected chi connectivity index (χ3v) is 10.6. The van der Waals surface area contributed by atoms with Gasteiger partial charge in [0.2, 0.25) is 0 Å². The Labute approximate surface area is 303 Å². The zero-order valence-electron chi connectivity index (χ0n) is 30.9. The predicted octanol–water partition coefficient (Wildman–Crippen LogP) is 5.95. The number of aryl methyl sites for hydroxylation is 1. The summed E-state index contributed by atoms with van der Waals surface area (Å²) in [5, 5.41) is 12.1. The largest absolute Gasteiger partial charge is 0.468 e. The second-order valence-electron chi connectivity index (χ2n) is 15.1. The Morgan fingerprint density at radius 1 is 1.04 bits per heavy atom. The number of fused-ring (bicyclic) bond motifs is 4. The second kappa shape index (κ2) is 14.6. The molecule has 0 radical (unpaired) electrons. The Morgan fingerprint density at radius 3 is 2.46 bits per heavy atom. The number of aromatic nitrogens is 3. The van der Waals surface area contributed by atoms with Gasteiger partial charge in [0, 0.05) is 44.0 Å². The number of amides is 1. The summed E-state index contributed by atoms with van der Waals surface area (Å²) in [7, 11) is 3.53. The standard InChI is InChI=1S/C39H49FN6O6/c1-7-23-9-8-10-24-15-29(51-22-49-6)16-30(32(23)24)34-33(40)35-31(17-41-34)36(43-37(42-35)50-21-28-14-13-27(20-47)44(28)5)45-18-25-11-12-26(19-45)46(25)38(48)52-39(2,3)4/h8-10,15-17,25-28,47H,7,11-14,18-22H2,1-6H3/t25?,26?,27-,28+/m1/s1. The van der Waals surface area contributed by atoms with Crippen LogP contribution in [0.25, 0.3) is 32.9 Å². The fraction of sp³-hybridized carbons (Fsp3) is 0.538. The first-order valence-corrected chi connectivity index (χ1v) is 18.3. The van der Waals surface area contributed by atoms with Gasteiger partial charge < -0.3 is 29.0 Å². The minimum atomic E-state index is -0.604. The lowest BCUT2D eigenvalue weighted by atomic mass is 9.95. The van der Waals surface area contributed by atoms with E-state index in [9.17, 15) is 9.90 Å². The van der Waals surface area contributed by atoms with Gasteiger partial charge in [-0.05, 0) is 88.4 Å². The molecule has 278 valence electrons. The number of benzene rings is 2. The molecule has 2 unspecified atom stereocenters. The maximum absolute atomic E-state index is 17.2. The van der Waals surface area contributed by atoms with Crippen molar-refractivity contribution in [3.8, 4) is 23.0 Å². The lowest BCUT2D eigenvalue weighted by Crippen LogP contribution is -2.57. The maximum Gasteiger partial charge on any atom is 0.410 e. The fourth-order valence-electron chi connectivity index (χ4n) is 8.06. The van der Waals surface area contributed by atoms with E-state index in [1.165, 1.54) is 0 Å². The molecule has 4 aromatic rings. The van der Waals surface area contributed by atoms with E-state index < -0.39 is 11.4 Å². The first-order valence-electron chi connectivity index (χ1n) is 18.3. The monoisotopic (exact) mass is 716 g/mol. The normalized spacial score (nSPS) is 22.1. The topological polar surface area (TPSA) is 123 Å². The van der Waals surface area contributed by atoms with Gasteiger partial charge in [-0.2, -0.15) is 9.97 Å². The van der Waals surface area contributed by atoms with E-state index in [1.807, 2.05) is 57.0 Å². The number of carbonyl (C=O) groups excluding carboxylic acids is 1. The van der Waals surface area contributed by atoms with E-state index in [2.05, 4.69) is 16.7 Å². The molecule has 3 aliphatic heterocycles. The molecule has 3 fully saturated rings. The molecule has 2 bridgehead atoms. The van der Waals surface area contributed by atoms with Crippen LogP contribution in [0.15, 0.2) is 36.5 Å². The number of aliphatic hydroxyl groups is 1. The summed E-state index contributed by atoms with van der Waals surface area (Å²) in [4.78, 5) is 33.7. The highest BCUT2D eigenvalue weighted by atomic mass is 19.1. The highest BCUT2D eigenvalue weighted by Crippen LogP contribution is 2.40. The van der Waals surface area contributed by atoms with E-state index in [1.54, 1.807) is 19.4 Å². The maximum atomic E-state index is 17.2. The van der Waals surface area contributed by atoms with Gasteiger partial charge in [0.15, 0.2) is 12.6 Å². The Balaban J connectivity index is 1.31. The number of ether oxygens (including phenoxy) is 4. The Kier molecular flexibility index (Phi) is 10.1. The summed E-state index contributed by atoms with van der Waals surface area (Å²) in [6.45, 7) is 9.09. The van der Waals surface area contributed by atoms with Crippen LogP contribution in [0.4, 0.5) is 15.0 Å². The van der Waals surface area contributed by atoms with Crippen LogP contribution >= 0.6 is 0 Å². The highest BCUT2D eigenvalue weighted by Gasteiger charge is 2.45. The molecular weight excluding hydrogens is 667 g/mol. The number of piperazine rings is 1. The Bertz CT molecular complexity index is 1940. The number of halogens is 1. The summed E-state index contributed by atoms with van der Waals surface area (Å²) in [5.41, 5.74) is 1.29. The molecule has 52 heavy (non-hydrogen) atoms. The number of pyridine rings is 1. The van der Waals surface area contributed by atoms with Gasteiger partial charge in [0.1, 0.15) is 35.0 Å². The molecule has 5 heterocycles. The lowest BCUT2D eigenvalue weighted by Gasteiger charge is -2.42. The van der Waals surface area contributed by atoms with Crippen LogP contribution in [0.2, 0.25) is 0 Å².